The third-order valence-electron chi connectivity index (χ3n) is 13.8. The minimum Gasteiger partial charge on any atom is -0.491 e. The number of aromatic amines is 1. The molecule has 2 aliphatic rings. The highest BCUT2D eigenvalue weighted by atomic mass is 32.1. The number of aliphatic hydroxyl groups excluding tert-OH is 1. The van der Waals surface area contributed by atoms with Crippen molar-refractivity contribution in [2.45, 2.75) is 112 Å². The molecule has 17 nitrogen and oxygen atoms in total. The van der Waals surface area contributed by atoms with Gasteiger partial charge in [0.2, 0.25) is 17.7 Å². The van der Waals surface area contributed by atoms with Crippen molar-refractivity contribution in [3.63, 3.8) is 0 Å². The summed E-state index contributed by atoms with van der Waals surface area (Å²) in [6, 6.07) is 19.9. The number of aryl methyl sites for hydroxylation is 3. The number of rotatable bonds is 22. The van der Waals surface area contributed by atoms with E-state index in [9.17, 15) is 29.1 Å². The zero-order valence-electron chi connectivity index (χ0n) is 44.5. The number of nitrogens with one attached hydrogen (secondary N) is 4. The molecule has 3 aromatic carbocycles. The third kappa shape index (κ3) is 14.7. The maximum Gasteiger partial charge on any atom is 0.253 e. The lowest BCUT2D eigenvalue weighted by Gasteiger charge is -2.37. The van der Waals surface area contributed by atoms with Crippen LogP contribution >= 0.6 is 11.3 Å². The van der Waals surface area contributed by atoms with Crippen LogP contribution in [-0.2, 0) is 41.7 Å². The van der Waals surface area contributed by atoms with E-state index in [4.69, 9.17) is 18.9 Å². The number of nitrogens with zero attached hydrogens (tertiary/aromatic N) is 3. The molecule has 0 saturated carbocycles. The van der Waals surface area contributed by atoms with Crippen molar-refractivity contribution in [3.05, 3.63) is 122 Å². The number of carbonyl (C=O) groups excluding carboxylic acids is 4. The Morgan fingerprint density at radius 2 is 1.59 bits per heavy atom. The van der Waals surface area contributed by atoms with Gasteiger partial charge in [-0.05, 0) is 117 Å². The molecule has 2 fully saturated rings. The van der Waals surface area contributed by atoms with Gasteiger partial charge in [0.15, 0.2) is 0 Å². The second-order valence-corrected chi connectivity index (χ2v) is 21.3. The molecule has 75 heavy (non-hydrogen) atoms. The number of ether oxygens (including phenoxy) is 4. The van der Waals surface area contributed by atoms with Crippen LogP contribution < -0.4 is 31.1 Å². The van der Waals surface area contributed by atoms with Crippen LogP contribution in [0.25, 0.3) is 21.6 Å². The number of hydrogen-bond acceptors (Lipinski definition) is 13. The van der Waals surface area contributed by atoms with Crippen LogP contribution in [0.2, 0.25) is 0 Å². The Hall–Kier alpha value is -6.44. The van der Waals surface area contributed by atoms with Gasteiger partial charge >= 0.3 is 0 Å². The number of amides is 4. The number of β-amino-alcohol motifs (C(OH)–C–C–N with tert-alkyl or cyclic N) is 1. The molecule has 0 bridgehead atoms. The van der Waals surface area contributed by atoms with E-state index in [0.717, 1.165) is 74.7 Å². The normalized spacial score (nSPS) is 16.4. The fourth-order valence-electron chi connectivity index (χ4n) is 9.72. The highest BCUT2D eigenvalue weighted by Crippen LogP contribution is 2.35. The van der Waals surface area contributed by atoms with Gasteiger partial charge in [-0.3, -0.25) is 24.0 Å². The van der Waals surface area contributed by atoms with Crippen LogP contribution in [0, 0.1) is 33.1 Å². The first-order valence-electron chi connectivity index (χ1n) is 25.8. The number of pyridine rings is 1. The van der Waals surface area contributed by atoms with E-state index < -0.39 is 35.4 Å². The second-order valence-electron chi connectivity index (χ2n) is 20.4. The van der Waals surface area contributed by atoms with Crippen LogP contribution in [0.1, 0.15) is 91.0 Å². The molecule has 1 unspecified atom stereocenters. The van der Waals surface area contributed by atoms with Crippen molar-refractivity contribution in [2.75, 3.05) is 64.2 Å². The molecular formula is C57H73N7O10S. The van der Waals surface area contributed by atoms with E-state index in [1.807, 2.05) is 115 Å². The lowest BCUT2D eigenvalue weighted by molar-refractivity contribution is -0.144. The van der Waals surface area contributed by atoms with E-state index >= 15 is 0 Å². The first kappa shape index (κ1) is 56.3. The van der Waals surface area contributed by atoms with Crippen LogP contribution in [0.15, 0.2) is 77.0 Å². The van der Waals surface area contributed by atoms with Gasteiger partial charge in [-0.2, -0.15) is 0 Å². The van der Waals surface area contributed by atoms with E-state index in [1.165, 1.54) is 4.90 Å². The maximum atomic E-state index is 14.0. The zero-order chi connectivity index (χ0) is 53.8. The van der Waals surface area contributed by atoms with Crippen molar-refractivity contribution >= 4 is 40.7 Å². The van der Waals surface area contributed by atoms with Crippen molar-refractivity contribution in [2.24, 2.45) is 5.41 Å². The van der Waals surface area contributed by atoms with E-state index in [2.05, 4.69) is 43.8 Å². The molecule has 0 radical (unpaired) electrons. The van der Waals surface area contributed by atoms with Gasteiger partial charge in [-0.25, -0.2) is 4.98 Å². The van der Waals surface area contributed by atoms with Gasteiger partial charge in [0.1, 0.15) is 31.0 Å². The molecular weight excluding hydrogens is 975 g/mol. The van der Waals surface area contributed by atoms with Gasteiger partial charge in [-0.1, -0.05) is 57.2 Å². The molecule has 402 valence electrons. The summed E-state index contributed by atoms with van der Waals surface area (Å²) in [6.07, 6.45) is 0.980. The predicted molar refractivity (Wildman–Crippen MR) is 290 cm³/mol. The Labute approximate surface area is 443 Å². The molecule has 0 spiro atoms. The molecule has 4 amide bonds. The Morgan fingerprint density at radius 3 is 2.25 bits per heavy atom. The van der Waals surface area contributed by atoms with Crippen LogP contribution in [0.3, 0.4) is 0 Å². The first-order valence-corrected chi connectivity index (χ1v) is 26.7. The van der Waals surface area contributed by atoms with Crippen LogP contribution in [0.4, 0.5) is 5.69 Å². The average Bonchev–Trinajstić information content (AvgIpc) is 4.01. The zero-order valence-corrected chi connectivity index (χ0v) is 45.3. The van der Waals surface area contributed by atoms with Crippen LogP contribution in [0.5, 0.6) is 5.75 Å². The SMILES string of the molecule is CCN(c1cc(-c2ccc(OCCOCCOCC(=O)NC(C(=O)N3C[C@H](O)C[C@H]3C(=O)NCc3ccc(-c4scnc4C)cc3)C(C)(C)C)cc2)cc(C(=O)NCc2c(C)cc(C)[nH]c2=O)c1C)C1CCOCC1. The molecule has 4 heterocycles. The number of aromatic nitrogens is 2. The summed E-state index contributed by atoms with van der Waals surface area (Å²) in [5.74, 6) is -0.958. The molecule has 7 rings (SSSR count). The number of aliphatic hydroxyl groups is 1. The lowest BCUT2D eigenvalue weighted by atomic mass is 9.85. The topological polar surface area (TPSA) is 214 Å². The molecule has 0 aliphatic carbocycles. The van der Waals surface area contributed by atoms with E-state index in [-0.39, 0.29) is 82.5 Å². The van der Waals surface area contributed by atoms with Crippen molar-refractivity contribution < 1.29 is 43.2 Å². The minimum absolute atomic E-state index is 0.0289. The van der Waals surface area contributed by atoms with Crippen molar-refractivity contribution in [3.8, 4) is 27.3 Å². The molecule has 3 atom stereocenters. The predicted octanol–water partition coefficient (Wildman–Crippen LogP) is 6.56. The summed E-state index contributed by atoms with van der Waals surface area (Å²) in [6.45, 7) is 18.2. The van der Waals surface area contributed by atoms with E-state index in [1.54, 1.807) is 11.3 Å². The number of H-pyrrole nitrogens is 1. The minimum atomic E-state index is -0.987. The van der Waals surface area contributed by atoms with Gasteiger partial charge in [0.05, 0.1) is 42.0 Å². The fraction of sp³-hybridized carbons (Fsp3) is 0.474. The Bertz CT molecular complexity index is 2820. The molecule has 5 N–H and O–H groups in total. The molecule has 2 aliphatic heterocycles. The number of hydrogen-bond donors (Lipinski definition) is 5. The maximum absolute atomic E-state index is 14.0. The van der Waals surface area contributed by atoms with E-state index in [0.29, 0.717) is 30.1 Å². The summed E-state index contributed by atoms with van der Waals surface area (Å²) in [7, 11) is 0. The largest absolute Gasteiger partial charge is 0.491 e. The highest BCUT2D eigenvalue weighted by Gasteiger charge is 2.44. The lowest BCUT2D eigenvalue weighted by Crippen LogP contribution is -2.58. The summed E-state index contributed by atoms with van der Waals surface area (Å²) >= 11 is 1.57. The van der Waals surface area contributed by atoms with Crippen molar-refractivity contribution in [1.82, 2.24) is 30.8 Å². The summed E-state index contributed by atoms with van der Waals surface area (Å²) in [5, 5.41) is 19.4. The Morgan fingerprint density at radius 1 is 0.893 bits per heavy atom. The first-order chi connectivity index (χ1) is 35.9. The third-order valence-corrected chi connectivity index (χ3v) is 14.8. The molecule has 18 heteroatoms. The Kier molecular flexibility index (Phi) is 19.4. The average molecular weight is 1050 g/mol. The smallest absolute Gasteiger partial charge is 0.253 e. The molecule has 5 aromatic rings. The summed E-state index contributed by atoms with van der Waals surface area (Å²) in [4.78, 5) is 79.4. The monoisotopic (exact) mass is 1050 g/mol. The number of likely N-dealkylation sites (tertiary alicyclic amines) is 1. The van der Waals surface area contributed by atoms with Gasteiger partial charge in [-0.15, -0.1) is 11.3 Å². The number of thiazole rings is 1. The standard InChI is InChI=1S/C57H73N7O10S/c1-9-63(43-18-20-71-21-19-43)48-28-42(27-46(37(48)4)53(67)59-31-47-35(2)26-36(3)61-54(47)68)40-14-16-45(17-15-40)74-25-24-72-22-23-73-33-50(66)62-52(57(6,7)8)56(70)64-32-44(65)29-49(64)55(69)58-30-39-10-12-41(13-11-39)51-38(5)60-34-75-51/h10-17,26-28,34,43-44,49,52,65H,9,18-25,29-33H2,1-8H3,(H,58,69)(H,59,67)(H,61,68)(H,62,66)/t44-,49+,52?/m1/s1. The van der Waals surface area contributed by atoms with Gasteiger partial charge < -0.3 is 54.8 Å². The van der Waals surface area contributed by atoms with Gasteiger partial charge in [0, 0.05) is 74.4 Å². The quantitative estimate of drug-likeness (QED) is 0.0467. The fourth-order valence-corrected chi connectivity index (χ4v) is 10.5. The number of anilines is 1. The highest BCUT2D eigenvalue weighted by molar-refractivity contribution is 7.13. The molecule has 2 aromatic heterocycles. The number of benzene rings is 3. The summed E-state index contributed by atoms with van der Waals surface area (Å²) < 4.78 is 23.0. The molecule has 2 saturated heterocycles. The number of carbonyl (C=O) groups is 4. The van der Waals surface area contributed by atoms with Crippen LogP contribution in [-0.4, -0.2) is 127 Å². The van der Waals surface area contributed by atoms with Gasteiger partial charge in [0.25, 0.3) is 11.5 Å². The Balaban J connectivity index is 0.868. The second kappa shape index (κ2) is 25.9. The summed E-state index contributed by atoms with van der Waals surface area (Å²) in [5.41, 5.74) is 10.0. The van der Waals surface area contributed by atoms with Crippen molar-refractivity contribution in [1.29, 1.82) is 0 Å².